The normalized spacial score (nSPS) is 12.3. The maximum Gasteiger partial charge on any atom is 0.254 e. The molecule has 0 aliphatic carbocycles. The molecule has 1 rings (SSSR count). The van der Waals surface area contributed by atoms with Crippen LogP contribution >= 0.6 is 27.5 Å². The van der Waals surface area contributed by atoms with E-state index in [4.69, 9.17) is 16.3 Å². The molecule has 1 N–H and O–H groups in total. The molecule has 1 unspecified atom stereocenters. The molecule has 18 heavy (non-hydrogen) atoms. The summed E-state index contributed by atoms with van der Waals surface area (Å²) in [6, 6.07) is 5.00. The fourth-order valence-corrected chi connectivity index (χ4v) is 2.10. The Morgan fingerprint density at radius 3 is 2.89 bits per heavy atom. The second-order valence-corrected chi connectivity index (χ2v) is 5.21. The van der Waals surface area contributed by atoms with Gasteiger partial charge in [0.15, 0.2) is 0 Å². The van der Waals surface area contributed by atoms with Crippen LogP contribution in [0.2, 0.25) is 5.02 Å². The van der Waals surface area contributed by atoms with Gasteiger partial charge in [-0.3, -0.25) is 4.79 Å². The maximum atomic E-state index is 12.1. The minimum absolute atomic E-state index is 0.189. The molecule has 0 radical (unpaired) electrons. The highest BCUT2D eigenvalue weighted by Gasteiger charge is 2.17. The lowest BCUT2D eigenvalue weighted by molar-refractivity contribution is 0.0380. The van der Waals surface area contributed by atoms with Crippen molar-refractivity contribution in [2.45, 2.75) is 6.10 Å². The Hall–Kier alpha value is -0.620. The van der Waals surface area contributed by atoms with Gasteiger partial charge < -0.3 is 14.7 Å². The standard InChI is InChI=1S/C12H15BrClNO3/c1-15(6-9(16)7-18-2)12(17)10-5-8(14)3-4-11(10)13/h3-5,9,16H,6-7H2,1-2H3. The number of aliphatic hydroxyl groups excluding tert-OH is 1. The van der Waals surface area contributed by atoms with E-state index in [1.165, 1.54) is 12.0 Å². The Morgan fingerprint density at radius 1 is 1.61 bits per heavy atom. The van der Waals surface area contributed by atoms with Crippen LogP contribution < -0.4 is 0 Å². The minimum atomic E-state index is -0.707. The van der Waals surface area contributed by atoms with E-state index in [9.17, 15) is 9.90 Å². The van der Waals surface area contributed by atoms with Crippen molar-refractivity contribution in [1.29, 1.82) is 0 Å². The summed E-state index contributed by atoms with van der Waals surface area (Å²) in [5, 5.41) is 10.1. The number of amides is 1. The van der Waals surface area contributed by atoms with Crippen molar-refractivity contribution in [3.63, 3.8) is 0 Å². The monoisotopic (exact) mass is 335 g/mol. The van der Waals surface area contributed by atoms with Crippen molar-refractivity contribution < 1.29 is 14.6 Å². The highest BCUT2D eigenvalue weighted by Crippen LogP contribution is 2.22. The molecule has 1 aromatic rings. The Kier molecular flexibility index (Phi) is 6.08. The van der Waals surface area contributed by atoms with Gasteiger partial charge in [0.25, 0.3) is 5.91 Å². The first-order valence-corrected chi connectivity index (χ1v) is 6.50. The molecule has 1 atom stereocenters. The minimum Gasteiger partial charge on any atom is -0.389 e. The lowest BCUT2D eigenvalue weighted by Gasteiger charge is -2.21. The highest BCUT2D eigenvalue weighted by molar-refractivity contribution is 9.10. The lowest BCUT2D eigenvalue weighted by atomic mass is 10.2. The number of aliphatic hydroxyl groups is 1. The number of carbonyl (C=O) groups excluding carboxylic acids is 1. The number of rotatable bonds is 5. The fourth-order valence-electron chi connectivity index (χ4n) is 1.51. The van der Waals surface area contributed by atoms with Crippen LogP contribution in [0.4, 0.5) is 0 Å². The van der Waals surface area contributed by atoms with Crippen LogP contribution in [-0.4, -0.2) is 49.3 Å². The number of hydrogen-bond acceptors (Lipinski definition) is 3. The van der Waals surface area contributed by atoms with Crippen LogP contribution in [0.3, 0.4) is 0 Å². The molecule has 4 nitrogen and oxygen atoms in total. The summed E-state index contributed by atoms with van der Waals surface area (Å²) in [6.07, 6.45) is -0.707. The van der Waals surface area contributed by atoms with E-state index < -0.39 is 6.10 Å². The zero-order valence-corrected chi connectivity index (χ0v) is 12.5. The van der Waals surface area contributed by atoms with E-state index in [-0.39, 0.29) is 19.1 Å². The molecule has 0 aliphatic rings. The van der Waals surface area contributed by atoms with Gasteiger partial charge in [0.05, 0.1) is 18.3 Å². The van der Waals surface area contributed by atoms with Gasteiger partial charge in [-0.05, 0) is 34.1 Å². The number of benzene rings is 1. The number of carbonyl (C=O) groups is 1. The molecule has 0 bridgehead atoms. The molecule has 0 spiro atoms. The molecule has 0 saturated heterocycles. The van der Waals surface area contributed by atoms with Gasteiger partial charge in [-0.2, -0.15) is 0 Å². The van der Waals surface area contributed by atoms with Crippen molar-refractivity contribution in [2.75, 3.05) is 27.3 Å². The molecular weight excluding hydrogens is 321 g/mol. The van der Waals surface area contributed by atoms with E-state index in [0.29, 0.717) is 15.1 Å². The smallest absolute Gasteiger partial charge is 0.254 e. The van der Waals surface area contributed by atoms with Crippen LogP contribution in [-0.2, 0) is 4.74 Å². The van der Waals surface area contributed by atoms with Gasteiger partial charge in [0.1, 0.15) is 0 Å². The van der Waals surface area contributed by atoms with E-state index in [0.717, 1.165) is 0 Å². The first-order chi connectivity index (χ1) is 8.45. The van der Waals surface area contributed by atoms with E-state index in [1.54, 1.807) is 25.2 Å². The van der Waals surface area contributed by atoms with Gasteiger partial charge in [-0.1, -0.05) is 11.6 Å². The molecule has 1 aromatic carbocycles. The largest absolute Gasteiger partial charge is 0.389 e. The topological polar surface area (TPSA) is 49.8 Å². The SMILES string of the molecule is COCC(O)CN(C)C(=O)c1cc(Cl)ccc1Br. The number of nitrogens with zero attached hydrogens (tertiary/aromatic N) is 1. The van der Waals surface area contributed by atoms with Crippen molar-refractivity contribution in [3.05, 3.63) is 33.3 Å². The van der Waals surface area contributed by atoms with E-state index >= 15 is 0 Å². The second kappa shape index (κ2) is 7.09. The summed E-state index contributed by atoms with van der Waals surface area (Å²) in [4.78, 5) is 13.6. The van der Waals surface area contributed by atoms with Gasteiger partial charge in [0, 0.05) is 30.2 Å². The number of methoxy groups -OCH3 is 1. The molecule has 0 aliphatic heterocycles. The van der Waals surface area contributed by atoms with Crippen LogP contribution in [0.5, 0.6) is 0 Å². The van der Waals surface area contributed by atoms with Crippen LogP contribution in [0.15, 0.2) is 22.7 Å². The average molecular weight is 337 g/mol. The third-order valence-corrected chi connectivity index (χ3v) is 3.28. The zero-order chi connectivity index (χ0) is 13.7. The molecular formula is C12H15BrClNO3. The maximum absolute atomic E-state index is 12.1. The van der Waals surface area contributed by atoms with Crippen molar-refractivity contribution >= 4 is 33.4 Å². The van der Waals surface area contributed by atoms with Crippen LogP contribution in [0, 0.1) is 0 Å². The fraction of sp³-hybridized carbons (Fsp3) is 0.417. The van der Waals surface area contributed by atoms with E-state index in [2.05, 4.69) is 15.9 Å². The molecule has 100 valence electrons. The Balaban J connectivity index is 2.77. The molecule has 0 saturated carbocycles. The summed E-state index contributed by atoms with van der Waals surface area (Å²) < 4.78 is 5.49. The Bertz CT molecular complexity index is 428. The van der Waals surface area contributed by atoms with Crippen molar-refractivity contribution in [3.8, 4) is 0 Å². The third-order valence-electron chi connectivity index (χ3n) is 2.35. The molecule has 0 aromatic heterocycles. The lowest BCUT2D eigenvalue weighted by Crippen LogP contribution is -2.36. The van der Waals surface area contributed by atoms with Gasteiger partial charge in [-0.15, -0.1) is 0 Å². The molecule has 0 heterocycles. The van der Waals surface area contributed by atoms with Gasteiger partial charge >= 0.3 is 0 Å². The molecule has 0 fully saturated rings. The van der Waals surface area contributed by atoms with Crippen molar-refractivity contribution in [1.82, 2.24) is 4.90 Å². The van der Waals surface area contributed by atoms with Crippen molar-refractivity contribution in [2.24, 2.45) is 0 Å². The third kappa shape index (κ3) is 4.24. The van der Waals surface area contributed by atoms with Gasteiger partial charge in [0.2, 0.25) is 0 Å². The summed E-state index contributed by atoms with van der Waals surface area (Å²) in [5.74, 6) is -0.209. The molecule has 6 heteroatoms. The highest BCUT2D eigenvalue weighted by atomic mass is 79.9. The molecule has 1 amide bonds. The number of likely N-dealkylation sites (N-methyl/N-ethyl adjacent to an activating group) is 1. The number of halogens is 2. The summed E-state index contributed by atoms with van der Waals surface area (Å²) >= 11 is 9.16. The quantitative estimate of drug-likeness (QED) is 0.896. The predicted molar refractivity (Wildman–Crippen MR) is 74.0 cm³/mol. The van der Waals surface area contributed by atoms with Gasteiger partial charge in [-0.25, -0.2) is 0 Å². The first kappa shape index (κ1) is 15.4. The second-order valence-electron chi connectivity index (χ2n) is 3.92. The Morgan fingerprint density at radius 2 is 2.28 bits per heavy atom. The van der Waals surface area contributed by atoms with Crippen LogP contribution in [0.1, 0.15) is 10.4 Å². The number of ether oxygens (including phenoxy) is 1. The first-order valence-electron chi connectivity index (χ1n) is 5.33. The Labute approximate surface area is 120 Å². The number of hydrogen-bond donors (Lipinski definition) is 1. The van der Waals surface area contributed by atoms with E-state index in [1.807, 2.05) is 0 Å². The summed E-state index contributed by atoms with van der Waals surface area (Å²) in [7, 11) is 3.12. The predicted octanol–water partition coefficient (Wildman–Crippen LogP) is 2.18. The zero-order valence-electron chi connectivity index (χ0n) is 10.2. The summed E-state index contributed by atoms with van der Waals surface area (Å²) in [5.41, 5.74) is 0.467. The average Bonchev–Trinajstić information content (AvgIpc) is 2.31. The summed E-state index contributed by atoms with van der Waals surface area (Å²) in [6.45, 7) is 0.389. The van der Waals surface area contributed by atoms with Crippen LogP contribution in [0.25, 0.3) is 0 Å².